The molecule has 0 radical (unpaired) electrons. The Morgan fingerprint density at radius 1 is 0.946 bits per heavy atom. The molecule has 190 valence electrons. The summed E-state index contributed by atoms with van der Waals surface area (Å²) in [6.07, 6.45) is 3.35. The molecule has 6 nitrogen and oxygen atoms in total. The van der Waals surface area contributed by atoms with Crippen molar-refractivity contribution in [2.24, 2.45) is 0 Å². The zero-order valence-electron chi connectivity index (χ0n) is 22.1. The van der Waals surface area contributed by atoms with Crippen molar-refractivity contribution >= 4 is 39.7 Å². The van der Waals surface area contributed by atoms with E-state index >= 15 is 0 Å². The quantitative estimate of drug-likeness (QED) is 0.261. The number of aryl methyl sites for hydroxylation is 3. The molecule has 0 aliphatic carbocycles. The van der Waals surface area contributed by atoms with Crippen molar-refractivity contribution < 1.29 is 18.7 Å². The topological polar surface area (TPSA) is 80.6 Å². The highest BCUT2D eigenvalue weighted by atomic mass is 16.5. The van der Waals surface area contributed by atoms with Crippen molar-refractivity contribution in [3.8, 4) is 16.9 Å². The molecule has 0 aliphatic heterocycles. The molecule has 0 atom stereocenters. The SMILES string of the molecule is CCOc1c(/C(C)=C/C(=O)Nc2cccc(NC(C)=O)c2)cc2c(-c3ccc(C)cc3C)coc2c1C. The average molecular weight is 497 g/mol. The van der Waals surface area contributed by atoms with E-state index in [9.17, 15) is 9.59 Å². The summed E-state index contributed by atoms with van der Waals surface area (Å²) in [7, 11) is 0. The van der Waals surface area contributed by atoms with E-state index in [4.69, 9.17) is 9.15 Å². The summed E-state index contributed by atoms with van der Waals surface area (Å²) in [5.74, 6) is 0.248. The number of anilines is 2. The average Bonchev–Trinajstić information content (AvgIpc) is 3.24. The number of hydrogen-bond donors (Lipinski definition) is 2. The molecule has 4 aromatic rings. The number of furan rings is 1. The molecular weight excluding hydrogens is 464 g/mol. The molecule has 3 aromatic carbocycles. The van der Waals surface area contributed by atoms with Crippen LogP contribution in [-0.2, 0) is 9.59 Å². The number of carbonyl (C=O) groups is 2. The van der Waals surface area contributed by atoms with Crippen LogP contribution in [0.1, 0.15) is 43.0 Å². The fourth-order valence-electron chi connectivity index (χ4n) is 4.59. The molecule has 0 saturated carbocycles. The van der Waals surface area contributed by atoms with E-state index in [1.54, 1.807) is 36.6 Å². The monoisotopic (exact) mass is 496 g/mol. The van der Waals surface area contributed by atoms with E-state index in [1.165, 1.54) is 18.1 Å². The summed E-state index contributed by atoms with van der Waals surface area (Å²) in [5, 5.41) is 6.57. The van der Waals surface area contributed by atoms with Crippen LogP contribution in [0, 0.1) is 20.8 Å². The Morgan fingerprint density at radius 3 is 2.35 bits per heavy atom. The Bertz CT molecular complexity index is 1530. The van der Waals surface area contributed by atoms with E-state index in [-0.39, 0.29) is 11.8 Å². The second-order valence-electron chi connectivity index (χ2n) is 9.23. The van der Waals surface area contributed by atoms with E-state index in [2.05, 4.69) is 42.7 Å². The maximum atomic E-state index is 12.9. The number of carbonyl (C=O) groups excluding carboxylic acids is 2. The maximum Gasteiger partial charge on any atom is 0.248 e. The van der Waals surface area contributed by atoms with Gasteiger partial charge in [0.05, 0.1) is 12.9 Å². The third kappa shape index (κ3) is 5.59. The minimum atomic E-state index is -0.278. The number of nitrogens with one attached hydrogen (secondary N) is 2. The second-order valence-corrected chi connectivity index (χ2v) is 9.23. The predicted molar refractivity (Wildman–Crippen MR) is 150 cm³/mol. The van der Waals surface area contributed by atoms with Crippen LogP contribution in [0.5, 0.6) is 5.75 Å². The Morgan fingerprint density at radius 2 is 1.68 bits per heavy atom. The lowest BCUT2D eigenvalue weighted by molar-refractivity contribution is -0.114. The molecule has 0 aliphatic rings. The minimum absolute atomic E-state index is 0.173. The number of fused-ring (bicyclic) bond motifs is 1. The molecular formula is C31H32N2O4. The first-order valence-corrected chi connectivity index (χ1v) is 12.3. The lowest BCUT2D eigenvalue weighted by Crippen LogP contribution is -2.10. The standard InChI is InChI=1S/C31H32N2O4/c1-7-36-30-21(5)31-27(28(17-37-31)25-12-11-18(2)13-19(25)3)16-26(30)20(4)14-29(35)33-24-10-8-9-23(15-24)32-22(6)34/h8-17H,7H2,1-6H3,(H,32,34)(H,33,35)/b20-14+. The highest BCUT2D eigenvalue weighted by Crippen LogP contribution is 2.41. The van der Waals surface area contributed by atoms with Gasteiger partial charge in [0.2, 0.25) is 11.8 Å². The van der Waals surface area contributed by atoms with Gasteiger partial charge in [-0.2, -0.15) is 0 Å². The molecule has 1 heterocycles. The van der Waals surface area contributed by atoms with Crippen molar-refractivity contribution in [1.82, 2.24) is 0 Å². The summed E-state index contributed by atoms with van der Waals surface area (Å²) in [5.41, 5.74) is 8.95. The third-order valence-electron chi connectivity index (χ3n) is 6.23. The first-order chi connectivity index (χ1) is 17.7. The van der Waals surface area contributed by atoms with Gasteiger partial charge in [0.25, 0.3) is 0 Å². The van der Waals surface area contributed by atoms with E-state index in [0.29, 0.717) is 23.7 Å². The van der Waals surface area contributed by atoms with Gasteiger partial charge in [-0.15, -0.1) is 0 Å². The van der Waals surface area contributed by atoms with Crippen molar-refractivity contribution in [3.05, 3.63) is 83.1 Å². The van der Waals surface area contributed by atoms with Crippen LogP contribution >= 0.6 is 0 Å². The van der Waals surface area contributed by atoms with Gasteiger partial charge in [-0.05, 0) is 75.6 Å². The zero-order chi connectivity index (χ0) is 26.7. The van der Waals surface area contributed by atoms with Crippen molar-refractivity contribution in [3.63, 3.8) is 0 Å². The van der Waals surface area contributed by atoms with Gasteiger partial charge in [0.1, 0.15) is 11.3 Å². The molecule has 0 fully saturated rings. The molecule has 0 bridgehead atoms. The Labute approximate surface area is 217 Å². The van der Waals surface area contributed by atoms with E-state index < -0.39 is 0 Å². The lowest BCUT2D eigenvalue weighted by Gasteiger charge is -2.15. The van der Waals surface area contributed by atoms with Crippen molar-refractivity contribution in [1.29, 1.82) is 0 Å². The molecule has 0 spiro atoms. The number of amides is 2. The summed E-state index contributed by atoms with van der Waals surface area (Å²) < 4.78 is 12.1. The van der Waals surface area contributed by atoms with Crippen LogP contribution in [0.4, 0.5) is 11.4 Å². The summed E-state index contributed by atoms with van der Waals surface area (Å²) in [4.78, 5) is 24.3. The van der Waals surface area contributed by atoms with E-state index in [0.717, 1.165) is 38.8 Å². The number of hydrogen-bond acceptors (Lipinski definition) is 4. The molecule has 0 saturated heterocycles. The van der Waals surface area contributed by atoms with Gasteiger partial charge in [-0.25, -0.2) is 0 Å². The zero-order valence-corrected chi connectivity index (χ0v) is 22.1. The van der Waals surface area contributed by atoms with Gasteiger partial charge in [0.15, 0.2) is 0 Å². The third-order valence-corrected chi connectivity index (χ3v) is 6.23. The fourth-order valence-corrected chi connectivity index (χ4v) is 4.59. The van der Waals surface area contributed by atoms with Gasteiger partial charge in [0, 0.05) is 46.5 Å². The summed E-state index contributed by atoms with van der Waals surface area (Å²) >= 11 is 0. The molecule has 1 aromatic heterocycles. The highest BCUT2D eigenvalue weighted by Gasteiger charge is 2.20. The largest absolute Gasteiger partial charge is 0.493 e. The van der Waals surface area contributed by atoms with Crippen LogP contribution in [-0.4, -0.2) is 18.4 Å². The molecule has 37 heavy (non-hydrogen) atoms. The Hall–Kier alpha value is -4.32. The smallest absolute Gasteiger partial charge is 0.248 e. The molecule has 2 amide bonds. The maximum absolute atomic E-state index is 12.9. The molecule has 2 N–H and O–H groups in total. The van der Waals surface area contributed by atoms with Gasteiger partial charge in [-0.3, -0.25) is 9.59 Å². The predicted octanol–water partition coefficient (Wildman–Crippen LogP) is 7.42. The van der Waals surface area contributed by atoms with Crippen LogP contribution < -0.4 is 15.4 Å². The highest BCUT2D eigenvalue weighted by molar-refractivity contribution is 6.06. The first-order valence-electron chi connectivity index (χ1n) is 12.3. The molecule has 4 rings (SSSR count). The van der Waals surface area contributed by atoms with Gasteiger partial charge in [-0.1, -0.05) is 29.8 Å². The van der Waals surface area contributed by atoms with Crippen LogP contribution in [0.2, 0.25) is 0 Å². The normalized spacial score (nSPS) is 11.5. The Balaban J connectivity index is 1.74. The summed E-state index contributed by atoms with van der Waals surface area (Å²) in [6.45, 7) is 11.9. The molecule has 6 heteroatoms. The van der Waals surface area contributed by atoms with Gasteiger partial charge < -0.3 is 19.8 Å². The Kier molecular flexibility index (Phi) is 7.48. The molecule has 0 unspecified atom stereocenters. The summed E-state index contributed by atoms with van der Waals surface area (Å²) in [6, 6.07) is 15.4. The minimum Gasteiger partial charge on any atom is -0.493 e. The fraction of sp³-hybridized carbons (Fsp3) is 0.226. The number of ether oxygens (including phenoxy) is 1. The number of benzene rings is 3. The van der Waals surface area contributed by atoms with E-state index in [1.807, 2.05) is 26.8 Å². The van der Waals surface area contributed by atoms with Crippen LogP contribution in [0.25, 0.3) is 27.7 Å². The van der Waals surface area contributed by atoms with Crippen LogP contribution in [0.3, 0.4) is 0 Å². The lowest BCUT2D eigenvalue weighted by atomic mass is 9.94. The second kappa shape index (κ2) is 10.7. The first kappa shape index (κ1) is 25.8. The van der Waals surface area contributed by atoms with Crippen LogP contribution in [0.15, 0.2) is 65.3 Å². The van der Waals surface area contributed by atoms with Crippen molar-refractivity contribution in [2.45, 2.75) is 41.5 Å². The van der Waals surface area contributed by atoms with Crippen molar-refractivity contribution in [2.75, 3.05) is 17.2 Å². The van der Waals surface area contributed by atoms with Gasteiger partial charge >= 0.3 is 0 Å². The number of rotatable bonds is 7. The number of allylic oxidation sites excluding steroid dienone is 1.